The Balaban J connectivity index is 2.11. The Morgan fingerprint density at radius 1 is 1.47 bits per heavy atom. The Morgan fingerprint density at radius 3 is 2.94 bits per heavy atom. The fourth-order valence-electron chi connectivity index (χ4n) is 1.73. The predicted octanol–water partition coefficient (Wildman–Crippen LogP) is 3.00. The molecule has 17 heavy (non-hydrogen) atoms. The average Bonchev–Trinajstić information content (AvgIpc) is 2.84. The zero-order chi connectivity index (χ0) is 12.5. The van der Waals surface area contributed by atoms with Gasteiger partial charge in [0.05, 0.1) is 0 Å². The van der Waals surface area contributed by atoms with Gasteiger partial charge in [-0.25, -0.2) is 0 Å². The highest BCUT2D eigenvalue weighted by molar-refractivity contribution is 7.09. The molecule has 0 fully saturated rings. The lowest BCUT2D eigenvalue weighted by molar-refractivity contribution is 0.254. The molecule has 1 heterocycles. The Bertz CT molecular complexity index is 272. The highest BCUT2D eigenvalue weighted by Gasteiger charge is 2.08. The molecule has 1 rings (SSSR count). The van der Waals surface area contributed by atoms with Gasteiger partial charge in [0, 0.05) is 24.0 Å². The van der Waals surface area contributed by atoms with Crippen molar-refractivity contribution in [2.45, 2.75) is 39.2 Å². The molecular weight excluding hydrogens is 228 g/mol. The van der Waals surface area contributed by atoms with Crippen molar-refractivity contribution >= 4 is 11.3 Å². The molecule has 0 aliphatic rings. The second-order valence-corrected chi connectivity index (χ2v) is 5.75. The maximum atomic E-state index is 3.52. The van der Waals surface area contributed by atoms with Crippen LogP contribution in [0.4, 0.5) is 0 Å². The molecule has 1 atom stereocenters. The van der Waals surface area contributed by atoms with Gasteiger partial charge in [0.1, 0.15) is 0 Å². The van der Waals surface area contributed by atoms with Gasteiger partial charge in [0.15, 0.2) is 0 Å². The fraction of sp³-hybridized carbons (Fsp3) is 0.714. The first-order valence-electron chi connectivity index (χ1n) is 6.67. The zero-order valence-corrected chi connectivity index (χ0v) is 12.2. The average molecular weight is 254 g/mol. The first-order valence-corrected chi connectivity index (χ1v) is 7.55. The molecule has 0 saturated heterocycles. The second-order valence-electron chi connectivity index (χ2n) is 4.72. The summed E-state index contributed by atoms with van der Waals surface area (Å²) in [7, 11) is 2.22. The lowest BCUT2D eigenvalue weighted by Crippen LogP contribution is -2.39. The predicted molar refractivity (Wildman–Crippen MR) is 77.9 cm³/mol. The summed E-state index contributed by atoms with van der Waals surface area (Å²) in [5, 5.41) is 5.68. The summed E-state index contributed by atoms with van der Waals surface area (Å²) in [5.74, 6) is 0. The number of hydrogen-bond donors (Lipinski definition) is 1. The number of thiophene rings is 1. The van der Waals surface area contributed by atoms with Crippen molar-refractivity contribution in [3.05, 3.63) is 22.4 Å². The lowest BCUT2D eigenvalue weighted by atomic mass is 10.2. The van der Waals surface area contributed by atoms with Gasteiger partial charge in [-0.1, -0.05) is 19.4 Å². The fourth-order valence-corrected chi connectivity index (χ4v) is 2.43. The van der Waals surface area contributed by atoms with Crippen LogP contribution >= 0.6 is 11.3 Å². The lowest BCUT2D eigenvalue weighted by Gasteiger charge is -2.24. The number of rotatable bonds is 9. The van der Waals surface area contributed by atoms with Crippen molar-refractivity contribution in [1.82, 2.24) is 10.2 Å². The summed E-state index contributed by atoms with van der Waals surface area (Å²) in [6.07, 6.45) is 3.73. The summed E-state index contributed by atoms with van der Waals surface area (Å²) in [4.78, 5) is 3.93. The van der Waals surface area contributed by atoms with Crippen molar-refractivity contribution < 1.29 is 0 Å². The van der Waals surface area contributed by atoms with E-state index in [1.165, 1.54) is 24.1 Å². The van der Waals surface area contributed by atoms with E-state index in [1.54, 1.807) is 0 Å². The van der Waals surface area contributed by atoms with Gasteiger partial charge in [-0.2, -0.15) is 0 Å². The van der Waals surface area contributed by atoms with Gasteiger partial charge in [-0.15, -0.1) is 11.3 Å². The summed E-state index contributed by atoms with van der Waals surface area (Å²) in [6.45, 7) is 7.93. The van der Waals surface area contributed by atoms with E-state index in [1.807, 2.05) is 11.3 Å². The van der Waals surface area contributed by atoms with Crippen LogP contribution in [0.25, 0.3) is 0 Å². The van der Waals surface area contributed by atoms with Crippen LogP contribution in [0.5, 0.6) is 0 Å². The van der Waals surface area contributed by atoms with Crippen molar-refractivity contribution in [1.29, 1.82) is 0 Å². The molecule has 0 saturated carbocycles. The van der Waals surface area contributed by atoms with E-state index in [0.717, 1.165) is 19.6 Å². The van der Waals surface area contributed by atoms with E-state index in [2.05, 4.69) is 48.6 Å². The van der Waals surface area contributed by atoms with Crippen molar-refractivity contribution in [3.63, 3.8) is 0 Å². The van der Waals surface area contributed by atoms with Crippen LogP contribution in [0, 0.1) is 0 Å². The van der Waals surface area contributed by atoms with Crippen LogP contribution in [-0.2, 0) is 6.42 Å². The maximum Gasteiger partial charge on any atom is 0.0189 e. The van der Waals surface area contributed by atoms with Gasteiger partial charge >= 0.3 is 0 Å². The molecule has 1 N–H and O–H groups in total. The number of unbranched alkanes of at least 4 members (excludes halogenated alkanes) is 1. The number of nitrogens with one attached hydrogen (secondary N) is 1. The molecule has 3 heteroatoms. The number of hydrogen-bond acceptors (Lipinski definition) is 3. The van der Waals surface area contributed by atoms with Crippen LogP contribution in [0.3, 0.4) is 0 Å². The van der Waals surface area contributed by atoms with E-state index in [0.29, 0.717) is 6.04 Å². The SMILES string of the molecule is CCCCNCC(C)N(C)CCc1cccs1. The zero-order valence-electron chi connectivity index (χ0n) is 11.4. The minimum absolute atomic E-state index is 0.617. The molecule has 1 unspecified atom stereocenters. The molecule has 0 aliphatic carbocycles. The summed E-state index contributed by atoms with van der Waals surface area (Å²) < 4.78 is 0. The molecule has 1 aromatic rings. The van der Waals surface area contributed by atoms with Crippen LogP contribution in [-0.4, -0.2) is 37.6 Å². The Morgan fingerprint density at radius 2 is 2.29 bits per heavy atom. The molecule has 0 aliphatic heterocycles. The molecule has 1 aromatic heterocycles. The van der Waals surface area contributed by atoms with Gasteiger partial charge in [0.2, 0.25) is 0 Å². The first kappa shape index (κ1) is 14.7. The van der Waals surface area contributed by atoms with Crippen molar-refractivity contribution in [2.75, 3.05) is 26.7 Å². The van der Waals surface area contributed by atoms with Crippen molar-refractivity contribution in [2.24, 2.45) is 0 Å². The van der Waals surface area contributed by atoms with Crippen LogP contribution in [0.1, 0.15) is 31.6 Å². The van der Waals surface area contributed by atoms with Gasteiger partial charge < -0.3 is 10.2 Å². The Kier molecular flexibility index (Phi) is 7.49. The van der Waals surface area contributed by atoms with Crippen molar-refractivity contribution in [3.8, 4) is 0 Å². The van der Waals surface area contributed by atoms with E-state index in [4.69, 9.17) is 0 Å². The molecule has 0 amide bonds. The third kappa shape index (κ3) is 6.20. The normalized spacial score (nSPS) is 13.2. The minimum Gasteiger partial charge on any atom is -0.315 e. The second kappa shape index (κ2) is 8.67. The quantitative estimate of drug-likeness (QED) is 0.682. The van der Waals surface area contributed by atoms with E-state index in [9.17, 15) is 0 Å². The number of nitrogens with zero attached hydrogens (tertiary/aromatic N) is 1. The van der Waals surface area contributed by atoms with E-state index in [-0.39, 0.29) is 0 Å². The Hall–Kier alpha value is -0.380. The topological polar surface area (TPSA) is 15.3 Å². The van der Waals surface area contributed by atoms with Gasteiger partial charge in [-0.05, 0) is 44.8 Å². The molecule has 0 spiro atoms. The summed E-state index contributed by atoms with van der Waals surface area (Å²) >= 11 is 1.86. The van der Waals surface area contributed by atoms with Gasteiger partial charge in [-0.3, -0.25) is 0 Å². The molecule has 2 nitrogen and oxygen atoms in total. The van der Waals surface area contributed by atoms with Crippen LogP contribution in [0.2, 0.25) is 0 Å². The van der Waals surface area contributed by atoms with Crippen LogP contribution < -0.4 is 5.32 Å². The standard InChI is InChI=1S/C14H26N2S/c1-4-5-9-15-12-13(2)16(3)10-8-14-7-6-11-17-14/h6-7,11,13,15H,4-5,8-10,12H2,1-3H3. The summed E-state index contributed by atoms with van der Waals surface area (Å²) in [5.41, 5.74) is 0. The third-order valence-electron chi connectivity index (χ3n) is 3.19. The van der Waals surface area contributed by atoms with E-state index >= 15 is 0 Å². The largest absolute Gasteiger partial charge is 0.315 e. The molecule has 98 valence electrons. The monoisotopic (exact) mass is 254 g/mol. The van der Waals surface area contributed by atoms with E-state index < -0.39 is 0 Å². The molecule has 0 aromatic carbocycles. The highest BCUT2D eigenvalue weighted by Crippen LogP contribution is 2.10. The third-order valence-corrected chi connectivity index (χ3v) is 4.13. The minimum atomic E-state index is 0.617. The maximum absolute atomic E-state index is 3.52. The molecular formula is C14H26N2S. The van der Waals surface area contributed by atoms with Crippen LogP contribution in [0.15, 0.2) is 17.5 Å². The molecule has 0 bridgehead atoms. The Labute approximate surface area is 110 Å². The smallest absolute Gasteiger partial charge is 0.0189 e. The highest BCUT2D eigenvalue weighted by atomic mass is 32.1. The first-order chi connectivity index (χ1) is 8.24. The summed E-state index contributed by atoms with van der Waals surface area (Å²) in [6, 6.07) is 4.98. The molecule has 0 radical (unpaired) electrons. The van der Waals surface area contributed by atoms with Gasteiger partial charge in [0.25, 0.3) is 0 Å². The number of likely N-dealkylation sites (N-methyl/N-ethyl adjacent to an activating group) is 1.